The molecule has 28 heavy (non-hydrogen) atoms. The topological polar surface area (TPSA) is 117 Å². The van der Waals surface area contributed by atoms with Gasteiger partial charge in [-0.05, 0) is 26.0 Å². The van der Waals surface area contributed by atoms with E-state index in [0.717, 1.165) is 0 Å². The Morgan fingerprint density at radius 2 is 1.79 bits per heavy atom. The molecule has 1 aromatic carbocycles. The summed E-state index contributed by atoms with van der Waals surface area (Å²) >= 11 is 0. The fourth-order valence-corrected chi connectivity index (χ4v) is 4.44. The summed E-state index contributed by atoms with van der Waals surface area (Å²) in [6, 6.07) is 5.78. The molecule has 1 aromatic heterocycles. The van der Waals surface area contributed by atoms with E-state index in [1.54, 1.807) is 13.8 Å². The number of nitrogens with zero attached hydrogens (tertiary/aromatic N) is 3. The van der Waals surface area contributed by atoms with E-state index in [4.69, 9.17) is 18.2 Å². The first-order valence-corrected chi connectivity index (χ1v) is 10.5. The van der Waals surface area contributed by atoms with Crippen molar-refractivity contribution >= 4 is 24.6 Å². The van der Waals surface area contributed by atoms with Crippen LogP contribution in [0.4, 0.5) is 11.6 Å². The van der Waals surface area contributed by atoms with Gasteiger partial charge in [0.05, 0.1) is 31.4 Å². The first kappa shape index (κ1) is 20.5. The largest absolute Gasteiger partial charge is 0.419 e. The van der Waals surface area contributed by atoms with Crippen molar-refractivity contribution in [2.45, 2.75) is 13.8 Å². The number of oxazole rings is 1. The summed E-state index contributed by atoms with van der Waals surface area (Å²) < 4.78 is 35.6. The van der Waals surface area contributed by atoms with E-state index < -0.39 is 12.5 Å². The molecule has 0 unspecified atom stereocenters. The second kappa shape index (κ2) is 8.83. The van der Waals surface area contributed by atoms with Gasteiger partial charge in [0.2, 0.25) is 17.2 Å². The Morgan fingerprint density at radius 3 is 2.32 bits per heavy atom. The molecule has 0 saturated carbocycles. The number of morpholine rings is 1. The lowest BCUT2D eigenvalue weighted by Crippen LogP contribution is -2.38. The van der Waals surface area contributed by atoms with Crippen molar-refractivity contribution in [3.8, 4) is 11.5 Å². The fourth-order valence-electron chi connectivity index (χ4n) is 2.80. The van der Waals surface area contributed by atoms with Gasteiger partial charge in [-0.3, -0.25) is 14.7 Å². The summed E-state index contributed by atoms with van der Waals surface area (Å²) in [6.45, 7) is 5.88. The summed E-state index contributed by atoms with van der Waals surface area (Å²) in [5.41, 5.74) is 0.579. The molecule has 0 atom stereocenters. The summed E-state index contributed by atoms with van der Waals surface area (Å²) in [5, 5.41) is 10.9. The van der Waals surface area contributed by atoms with Crippen molar-refractivity contribution in [2.24, 2.45) is 0 Å². The van der Waals surface area contributed by atoms with Crippen molar-refractivity contribution in [1.29, 1.82) is 0 Å². The third-order valence-electron chi connectivity index (χ3n) is 4.07. The Kier molecular flexibility index (Phi) is 6.46. The molecule has 2 heterocycles. The van der Waals surface area contributed by atoms with E-state index in [2.05, 4.69) is 4.98 Å². The number of anilines is 1. The lowest BCUT2D eigenvalue weighted by Gasteiger charge is -2.27. The molecule has 10 nitrogen and oxygen atoms in total. The first-order valence-electron chi connectivity index (χ1n) is 8.96. The van der Waals surface area contributed by atoms with Crippen LogP contribution >= 0.6 is 7.60 Å². The van der Waals surface area contributed by atoms with E-state index in [-0.39, 0.29) is 30.2 Å². The fraction of sp³-hybridized carbons (Fsp3) is 0.471. The van der Waals surface area contributed by atoms with Crippen LogP contribution in [0.25, 0.3) is 11.5 Å². The highest BCUT2D eigenvalue weighted by atomic mass is 31.2. The first-order chi connectivity index (χ1) is 13.5. The molecule has 0 radical (unpaired) electrons. The van der Waals surface area contributed by atoms with Crippen LogP contribution in [0.15, 0.2) is 28.7 Å². The Morgan fingerprint density at radius 1 is 1.18 bits per heavy atom. The number of non-ortho nitro benzene ring substituents is 1. The van der Waals surface area contributed by atoms with Crippen molar-refractivity contribution in [1.82, 2.24) is 4.98 Å². The van der Waals surface area contributed by atoms with E-state index >= 15 is 0 Å². The zero-order chi connectivity index (χ0) is 20.1. The number of benzene rings is 1. The number of hydrogen-bond donors (Lipinski definition) is 0. The van der Waals surface area contributed by atoms with Crippen molar-refractivity contribution in [3.05, 3.63) is 34.4 Å². The Bertz CT molecular complexity index is 852. The SMILES string of the molecule is CCOP(=O)(OCC)c1nc(-c2ccc([N+](=O)[O-])cc2)oc1N1CCOCC1. The Labute approximate surface area is 162 Å². The van der Waals surface area contributed by atoms with Gasteiger partial charge in [0.25, 0.3) is 5.69 Å². The van der Waals surface area contributed by atoms with Crippen molar-refractivity contribution < 1.29 is 27.7 Å². The zero-order valence-electron chi connectivity index (χ0n) is 15.7. The highest BCUT2D eigenvalue weighted by Gasteiger charge is 2.38. The van der Waals surface area contributed by atoms with Gasteiger partial charge in [-0.2, -0.15) is 4.98 Å². The third kappa shape index (κ3) is 4.25. The molecule has 1 aliphatic rings. The normalized spacial score (nSPS) is 15.0. The molecule has 0 spiro atoms. The summed E-state index contributed by atoms with van der Waals surface area (Å²) in [7, 11) is -3.70. The maximum absolute atomic E-state index is 13.4. The standard InChI is InChI=1S/C17H22N3O7P/c1-3-25-28(23,26-4-2)16-17(19-9-11-24-12-10-19)27-15(18-16)13-5-7-14(8-6-13)20(21)22/h5-8H,3-4,9-12H2,1-2H3. The minimum atomic E-state index is -3.70. The zero-order valence-corrected chi connectivity index (χ0v) is 16.6. The van der Waals surface area contributed by atoms with Crippen LogP contribution in [0, 0.1) is 10.1 Å². The molecular weight excluding hydrogens is 389 g/mol. The number of ether oxygens (including phenoxy) is 1. The molecule has 3 rings (SSSR count). The highest BCUT2D eigenvalue weighted by Crippen LogP contribution is 2.49. The van der Waals surface area contributed by atoms with Crippen LogP contribution < -0.4 is 10.3 Å². The minimum Gasteiger partial charge on any atom is -0.419 e. The second-order valence-electron chi connectivity index (χ2n) is 5.88. The predicted molar refractivity (Wildman–Crippen MR) is 102 cm³/mol. The van der Waals surface area contributed by atoms with Gasteiger partial charge < -0.3 is 23.1 Å². The quantitative estimate of drug-likeness (QED) is 0.367. The molecule has 1 saturated heterocycles. The third-order valence-corrected chi connectivity index (χ3v) is 6.08. The summed E-state index contributed by atoms with van der Waals surface area (Å²) in [5.74, 6) is 0.493. The lowest BCUT2D eigenvalue weighted by atomic mass is 10.2. The van der Waals surface area contributed by atoms with Gasteiger partial charge in [0.1, 0.15) is 0 Å². The molecule has 1 fully saturated rings. The van der Waals surface area contributed by atoms with Crippen LogP contribution in [0.5, 0.6) is 0 Å². The molecule has 0 bridgehead atoms. The maximum Gasteiger partial charge on any atom is 0.385 e. The molecule has 0 amide bonds. The number of aromatic nitrogens is 1. The Hall–Kier alpha value is -2.26. The molecule has 11 heteroatoms. The van der Waals surface area contributed by atoms with Crippen LogP contribution in [0.1, 0.15) is 13.8 Å². The highest BCUT2D eigenvalue weighted by molar-refractivity contribution is 7.62. The lowest BCUT2D eigenvalue weighted by molar-refractivity contribution is -0.384. The maximum atomic E-state index is 13.4. The number of hydrogen-bond acceptors (Lipinski definition) is 9. The average Bonchev–Trinajstić information content (AvgIpc) is 3.15. The number of nitro groups is 1. The minimum absolute atomic E-state index is 0.0433. The number of rotatable bonds is 8. The Balaban J connectivity index is 2.06. The second-order valence-corrected chi connectivity index (χ2v) is 7.82. The van der Waals surface area contributed by atoms with Gasteiger partial charge in [0.15, 0.2) is 0 Å². The van der Waals surface area contributed by atoms with Crippen LogP contribution in [0.3, 0.4) is 0 Å². The molecule has 152 valence electrons. The van der Waals surface area contributed by atoms with Crippen LogP contribution in [-0.2, 0) is 18.3 Å². The van der Waals surface area contributed by atoms with E-state index in [1.807, 2.05) is 4.90 Å². The average molecular weight is 411 g/mol. The van der Waals surface area contributed by atoms with E-state index in [1.165, 1.54) is 24.3 Å². The number of nitro benzene ring substituents is 1. The molecular formula is C17H22N3O7P. The van der Waals surface area contributed by atoms with Gasteiger partial charge in [0, 0.05) is 30.8 Å². The van der Waals surface area contributed by atoms with E-state index in [9.17, 15) is 14.7 Å². The van der Waals surface area contributed by atoms with Gasteiger partial charge in [-0.15, -0.1) is 0 Å². The van der Waals surface area contributed by atoms with Crippen LogP contribution in [-0.4, -0.2) is 49.4 Å². The van der Waals surface area contributed by atoms with Crippen molar-refractivity contribution in [2.75, 3.05) is 44.4 Å². The van der Waals surface area contributed by atoms with Gasteiger partial charge in [-0.25, -0.2) is 0 Å². The molecule has 0 aliphatic carbocycles. The van der Waals surface area contributed by atoms with Crippen LogP contribution in [0.2, 0.25) is 0 Å². The summed E-state index contributed by atoms with van der Waals surface area (Å²) in [4.78, 5) is 16.7. The molecule has 1 aliphatic heterocycles. The van der Waals surface area contributed by atoms with Crippen molar-refractivity contribution in [3.63, 3.8) is 0 Å². The summed E-state index contributed by atoms with van der Waals surface area (Å²) in [6.07, 6.45) is 0. The smallest absolute Gasteiger partial charge is 0.385 e. The molecule has 0 N–H and O–H groups in total. The van der Waals surface area contributed by atoms with Gasteiger partial charge in [-0.1, -0.05) is 0 Å². The predicted octanol–water partition coefficient (Wildman–Crippen LogP) is 2.98. The monoisotopic (exact) mass is 411 g/mol. The van der Waals surface area contributed by atoms with E-state index in [0.29, 0.717) is 37.8 Å². The molecule has 2 aromatic rings. The van der Waals surface area contributed by atoms with Gasteiger partial charge >= 0.3 is 7.60 Å².